The molecule has 90 valence electrons. The van der Waals surface area contributed by atoms with Crippen molar-refractivity contribution in [2.75, 3.05) is 7.05 Å². The summed E-state index contributed by atoms with van der Waals surface area (Å²) in [5.74, 6) is 0.698. The zero-order valence-corrected chi connectivity index (χ0v) is 11.0. The van der Waals surface area contributed by atoms with Crippen molar-refractivity contribution >= 4 is 15.9 Å². The number of nitrogens with zero attached hydrogens (tertiary/aromatic N) is 2. The molecule has 2 rings (SSSR count). The van der Waals surface area contributed by atoms with Gasteiger partial charge >= 0.3 is 0 Å². The number of aromatic nitrogens is 2. The summed E-state index contributed by atoms with van der Waals surface area (Å²) in [7, 11) is 1.86. The maximum atomic E-state index is 13.6. The first-order valence-electron chi connectivity index (χ1n) is 5.29. The van der Waals surface area contributed by atoms with E-state index in [0.29, 0.717) is 18.7 Å². The van der Waals surface area contributed by atoms with Gasteiger partial charge in [0.05, 0.1) is 13.1 Å². The Kier molecular flexibility index (Phi) is 3.91. The summed E-state index contributed by atoms with van der Waals surface area (Å²) in [5.41, 5.74) is 0.648. The van der Waals surface area contributed by atoms with E-state index < -0.39 is 0 Å². The Hall–Kier alpha value is -1.20. The third-order valence-corrected chi connectivity index (χ3v) is 2.98. The molecular formula is C12H13BrFN3. The van der Waals surface area contributed by atoms with Crippen molar-refractivity contribution in [2.24, 2.45) is 0 Å². The molecule has 0 radical (unpaired) electrons. The Morgan fingerprint density at radius 2 is 2.29 bits per heavy atom. The van der Waals surface area contributed by atoms with Crippen molar-refractivity contribution in [3.8, 4) is 0 Å². The smallest absolute Gasteiger partial charge is 0.128 e. The number of hydrogen-bond acceptors (Lipinski definition) is 2. The molecule has 0 unspecified atom stereocenters. The molecule has 1 N–H and O–H groups in total. The lowest BCUT2D eigenvalue weighted by atomic mass is 10.2. The van der Waals surface area contributed by atoms with Crippen LogP contribution in [0.3, 0.4) is 0 Å². The summed E-state index contributed by atoms with van der Waals surface area (Å²) in [4.78, 5) is 4.22. The molecule has 0 bridgehead atoms. The number of rotatable bonds is 4. The fourth-order valence-corrected chi connectivity index (χ4v) is 2.07. The molecule has 5 heteroatoms. The topological polar surface area (TPSA) is 29.9 Å². The lowest BCUT2D eigenvalue weighted by molar-refractivity contribution is 0.590. The van der Waals surface area contributed by atoms with E-state index in [2.05, 4.69) is 26.2 Å². The summed E-state index contributed by atoms with van der Waals surface area (Å²) in [6.07, 6.45) is 3.58. The lowest BCUT2D eigenvalue weighted by Crippen LogP contribution is -2.13. The molecule has 0 saturated heterocycles. The Bertz CT molecular complexity index is 510. The van der Waals surface area contributed by atoms with Crippen LogP contribution in [0.25, 0.3) is 0 Å². The molecule has 0 aliphatic carbocycles. The lowest BCUT2D eigenvalue weighted by Gasteiger charge is -2.09. The molecule has 0 spiro atoms. The van der Waals surface area contributed by atoms with Crippen LogP contribution >= 0.6 is 15.9 Å². The van der Waals surface area contributed by atoms with Crippen LogP contribution in [-0.4, -0.2) is 16.6 Å². The number of hydrogen-bond donors (Lipinski definition) is 1. The molecule has 0 saturated carbocycles. The van der Waals surface area contributed by atoms with Crippen LogP contribution in [-0.2, 0) is 13.1 Å². The third kappa shape index (κ3) is 2.92. The van der Waals surface area contributed by atoms with Crippen LogP contribution in [0, 0.1) is 5.82 Å². The fraction of sp³-hybridized carbons (Fsp3) is 0.250. The zero-order valence-electron chi connectivity index (χ0n) is 9.45. The second-order valence-corrected chi connectivity index (χ2v) is 4.65. The molecule has 1 heterocycles. The normalized spacial score (nSPS) is 10.8. The van der Waals surface area contributed by atoms with Gasteiger partial charge in [-0.3, -0.25) is 0 Å². The molecule has 3 nitrogen and oxygen atoms in total. The van der Waals surface area contributed by atoms with Gasteiger partial charge in [0.1, 0.15) is 11.6 Å². The van der Waals surface area contributed by atoms with Crippen LogP contribution in [0.4, 0.5) is 4.39 Å². The average molecular weight is 298 g/mol. The Balaban J connectivity index is 2.25. The second kappa shape index (κ2) is 5.42. The maximum absolute atomic E-state index is 13.6. The van der Waals surface area contributed by atoms with Gasteiger partial charge in [0.2, 0.25) is 0 Å². The first-order chi connectivity index (χ1) is 8.20. The highest BCUT2D eigenvalue weighted by molar-refractivity contribution is 9.10. The predicted molar refractivity (Wildman–Crippen MR) is 68.2 cm³/mol. The van der Waals surface area contributed by atoms with Crippen molar-refractivity contribution < 1.29 is 4.39 Å². The van der Waals surface area contributed by atoms with E-state index in [-0.39, 0.29) is 5.82 Å². The highest BCUT2D eigenvalue weighted by atomic mass is 79.9. The van der Waals surface area contributed by atoms with E-state index in [0.717, 1.165) is 10.3 Å². The maximum Gasteiger partial charge on any atom is 0.128 e. The second-order valence-electron chi connectivity index (χ2n) is 3.74. The zero-order chi connectivity index (χ0) is 12.3. The predicted octanol–water partition coefficient (Wildman–Crippen LogP) is 2.55. The molecule has 1 aromatic heterocycles. The van der Waals surface area contributed by atoms with Crippen molar-refractivity contribution in [3.63, 3.8) is 0 Å². The van der Waals surface area contributed by atoms with Crippen molar-refractivity contribution in [2.45, 2.75) is 13.1 Å². The molecule has 2 aromatic rings. The number of imidazole rings is 1. The van der Waals surface area contributed by atoms with E-state index in [9.17, 15) is 4.39 Å². The fourth-order valence-electron chi connectivity index (χ4n) is 1.66. The Morgan fingerprint density at radius 3 is 3.06 bits per heavy atom. The van der Waals surface area contributed by atoms with Crippen LogP contribution in [0.5, 0.6) is 0 Å². The quantitative estimate of drug-likeness (QED) is 0.940. The number of nitrogens with one attached hydrogen (secondary N) is 1. The standard InChI is InChI=1S/C12H13BrFN3/c1-15-7-12-16-4-5-17(12)8-9-6-10(13)2-3-11(9)14/h2-6,15H,7-8H2,1H3. The Morgan fingerprint density at radius 1 is 1.47 bits per heavy atom. The minimum atomic E-state index is -0.197. The molecule has 1 aromatic carbocycles. The highest BCUT2D eigenvalue weighted by Gasteiger charge is 2.07. The molecule has 0 fully saturated rings. The molecule has 0 aliphatic rings. The van der Waals surface area contributed by atoms with Gasteiger partial charge in [0, 0.05) is 22.4 Å². The van der Waals surface area contributed by atoms with Crippen LogP contribution in [0.2, 0.25) is 0 Å². The van der Waals surface area contributed by atoms with Gasteiger partial charge in [-0.25, -0.2) is 9.37 Å². The minimum absolute atomic E-state index is 0.197. The number of benzene rings is 1. The van der Waals surface area contributed by atoms with E-state index in [1.165, 1.54) is 6.07 Å². The van der Waals surface area contributed by atoms with Crippen molar-refractivity contribution in [1.82, 2.24) is 14.9 Å². The summed E-state index contributed by atoms with van der Waals surface area (Å²) < 4.78 is 16.4. The van der Waals surface area contributed by atoms with Gasteiger partial charge < -0.3 is 9.88 Å². The summed E-state index contributed by atoms with van der Waals surface area (Å²) in [5, 5.41) is 3.04. The van der Waals surface area contributed by atoms with E-state index >= 15 is 0 Å². The SMILES string of the molecule is CNCc1nccn1Cc1cc(Br)ccc1F. The Labute approximate surface area is 108 Å². The third-order valence-electron chi connectivity index (χ3n) is 2.49. The van der Waals surface area contributed by atoms with Crippen molar-refractivity contribution in [3.05, 3.63) is 52.3 Å². The number of halogens is 2. The molecule has 0 atom stereocenters. The van der Waals surface area contributed by atoms with Gasteiger partial charge in [-0.1, -0.05) is 15.9 Å². The van der Waals surface area contributed by atoms with E-state index in [1.54, 1.807) is 18.3 Å². The monoisotopic (exact) mass is 297 g/mol. The summed E-state index contributed by atoms with van der Waals surface area (Å²) in [6.45, 7) is 1.16. The molecule has 0 amide bonds. The van der Waals surface area contributed by atoms with Gasteiger partial charge in [0.25, 0.3) is 0 Å². The molecule has 17 heavy (non-hydrogen) atoms. The van der Waals surface area contributed by atoms with Gasteiger partial charge in [-0.05, 0) is 25.2 Å². The van der Waals surface area contributed by atoms with Crippen LogP contribution in [0.15, 0.2) is 35.1 Å². The average Bonchev–Trinajstić information content (AvgIpc) is 2.72. The van der Waals surface area contributed by atoms with Gasteiger partial charge in [0.15, 0.2) is 0 Å². The summed E-state index contributed by atoms with van der Waals surface area (Å²) >= 11 is 3.35. The van der Waals surface area contributed by atoms with Gasteiger partial charge in [-0.15, -0.1) is 0 Å². The molecule has 0 aliphatic heterocycles. The first kappa shape index (κ1) is 12.3. The molecular weight excluding hydrogens is 285 g/mol. The van der Waals surface area contributed by atoms with Gasteiger partial charge in [-0.2, -0.15) is 0 Å². The highest BCUT2D eigenvalue weighted by Crippen LogP contribution is 2.17. The van der Waals surface area contributed by atoms with E-state index in [1.807, 2.05) is 17.8 Å². The van der Waals surface area contributed by atoms with Crippen LogP contribution < -0.4 is 5.32 Å². The van der Waals surface area contributed by atoms with Crippen LogP contribution in [0.1, 0.15) is 11.4 Å². The first-order valence-corrected chi connectivity index (χ1v) is 6.08. The van der Waals surface area contributed by atoms with Crippen molar-refractivity contribution in [1.29, 1.82) is 0 Å². The minimum Gasteiger partial charge on any atom is -0.329 e. The summed E-state index contributed by atoms with van der Waals surface area (Å²) in [6, 6.07) is 4.95. The van der Waals surface area contributed by atoms with E-state index in [4.69, 9.17) is 0 Å². The largest absolute Gasteiger partial charge is 0.329 e.